The Morgan fingerprint density at radius 1 is 0.538 bits per heavy atom. The van der Waals surface area contributed by atoms with Crippen LogP contribution in [-0.4, -0.2) is 38.2 Å². The first-order chi connectivity index (χ1) is 11.8. The molecule has 1 saturated heterocycles. The van der Waals surface area contributed by atoms with E-state index in [-0.39, 0.29) is 0 Å². The molecule has 1 rings (SSSR count). The predicted molar refractivity (Wildman–Crippen MR) is 123 cm³/mol. The van der Waals surface area contributed by atoms with Crippen molar-refractivity contribution in [2.75, 3.05) is 13.1 Å². The van der Waals surface area contributed by atoms with E-state index in [0.29, 0.717) is 33.2 Å². The van der Waals surface area contributed by atoms with E-state index in [1.165, 1.54) is 0 Å². The molecule has 1 aliphatic heterocycles. The van der Waals surface area contributed by atoms with Crippen LogP contribution in [0.25, 0.3) is 0 Å². The third kappa shape index (κ3) is 3.56. The molecule has 0 radical (unpaired) electrons. The van der Waals surface area contributed by atoms with E-state index in [0.717, 1.165) is 13.1 Å². The highest BCUT2D eigenvalue weighted by Crippen LogP contribution is 2.59. The molecule has 1 fully saturated rings. The van der Waals surface area contributed by atoms with Crippen molar-refractivity contribution >= 4 is 24.6 Å². The average Bonchev–Trinajstić information content (AvgIpc) is 2.81. The summed E-state index contributed by atoms with van der Waals surface area (Å²) >= 11 is 0. The molecule has 0 aliphatic carbocycles. The third-order valence-corrected chi connectivity index (χ3v) is 25.0. The molecular formula is C20H46N2OPSi2+. The van der Waals surface area contributed by atoms with Gasteiger partial charge in [0.1, 0.15) is 0 Å². The first-order valence-electron chi connectivity index (χ1n) is 10.8. The van der Waals surface area contributed by atoms with E-state index in [2.05, 4.69) is 91.8 Å². The minimum Gasteiger partial charge on any atom is -0.107 e. The van der Waals surface area contributed by atoms with E-state index in [1.807, 2.05) is 0 Å². The van der Waals surface area contributed by atoms with Crippen molar-refractivity contribution in [1.82, 2.24) is 8.67 Å². The lowest BCUT2D eigenvalue weighted by molar-refractivity contribution is 0.529. The first kappa shape index (κ1) is 24.5. The zero-order chi connectivity index (χ0) is 20.6. The molecule has 3 nitrogen and oxygen atoms in total. The van der Waals surface area contributed by atoms with Crippen LogP contribution >= 0.6 is 8.10 Å². The average molecular weight is 418 g/mol. The first-order valence-corrected chi connectivity index (χ1v) is 16.3. The smallest absolute Gasteiger partial charge is 0.107 e. The van der Waals surface area contributed by atoms with Crippen LogP contribution in [0, 0.1) is 0 Å². The van der Waals surface area contributed by atoms with E-state index in [1.54, 1.807) is 0 Å². The quantitative estimate of drug-likeness (QED) is 0.300. The van der Waals surface area contributed by atoms with Crippen molar-refractivity contribution in [2.45, 2.75) is 116 Å². The summed E-state index contributed by atoms with van der Waals surface area (Å²) in [6.07, 6.45) is 0. The maximum absolute atomic E-state index is 14.1. The van der Waals surface area contributed by atoms with Gasteiger partial charge in [-0.3, -0.25) is 0 Å². The van der Waals surface area contributed by atoms with Gasteiger partial charge < -0.3 is 0 Å². The lowest BCUT2D eigenvalue weighted by atomic mass is 10.5. The number of hydrogen-bond acceptors (Lipinski definition) is 1. The highest BCUT2D eigenvalue weighted by Gasteiger charge is 2.66. The maximum atomic E-state index is 14.1. The molecule has 1 heterocycles. The molecule has 0 N–H and O–H groups in total. The highest BCUT2D eigenvalue weighted by atomic mass is 31.1. The molecule has 0 aromatic carbocycles. The van der Waals surface area contributed by atoms with Crippen LogP contribution < -0.4 is 0 Å². The number of nitrogens with zero attached hydrogens (tertiary/aromatic N) is 2. The van der Waals surface area contributed by atoms with Gasteiger partial charge in [0.05, 0.1) is 13.1 Å². The summed E-state index contributed by atoms with van der Waals surface area (Å²) in [5.41, 5.74) is 3.72. The van der Waals surface area contributed by atoms with E-state index >= 15 is 0 Å². The Hall–Kier alpha value is 0.454. The lowest BCUT2D eigenvalue weighted by Gasteiger charge is -2.45. The summed E-state index contributed by atoms with van der Waals surface area (Å²) in [6, 6.07) is 0. The molecule has 0 saturated carbocycles. The lowest BCUT2D eigenvalue weighted by Crippen LogP contribution is -2.58. The number of hydrogen-bond donors (Lipinski definition) is 0. The van der Waals surface area contributed by atoms with Crippen molar-refractivity contribution in [3.63, 3.8) is 0 Å². The molecule has 0 unspecified atom stereocenters. The van der Waals surface area contributed by atoms with E-state index in [4.69, 9.17) is 0 Å². The molecule has 154 valence electrons. The van der Waals surface area contributed by atoms with Gasteiger partial charge in [-0.15, -0.1) is 8.67 Å². The Kier molecular flexibility index (Phi) is 8.34. The topological polar surface area (TPSA) is 23.6 Å². The van der Waals surface area contributed by atoms with Crippen LogP contribution in [-0.2, 0) is 4.57 Å². The Bertz CT molecular complexity index is 407. The van der Waals surface area contributed by atoms with Gasteiger partial charge in [0.25, 0.3) is 0 Å². The second-order valence-electron chi connectivity index (χ2n) is 10.2. The van der Waals surface area contributed by atoms with Crippen LogP contribution in [0.15, 0.2) is 0 Å². The van der Waals surface area contributed by atoms with Crippen molar-refractivity contribution in [3.05, 3.63) is 0 Å². The van der Waals surface area contributed by atoms with E-state index in [9.17, 15) is 4.57 Å². The Morgan fingerprint density at radius 2 is 0.731 bits per heavy atom. The third-order valence-electron chi connectivity index (χ3n) is 7.38. The summed E-state index contributed by atoms with van der Waals surface area (Å²) in [4.78, 5) is 0. The Balaban J connectivity index is 3.48. The van der Waals surface area contributed by atoms with Crippen LogP contribution in [0.1, 0.15) is 83.1 Å². The molecule has 0 aromatic heterocycles. The summed E-state index contributed by atoms with van der Waals surface area (Å²) in [5.74, 6) is 0. The molecule has 6 heteroatoms. The minimum absolute atomic E-state index is 0.620. The van der Waals surface area contributed by atoms with Crippen LogP contribution in [0.2, 0.25) is 33.2 Å². The highest BCUT2D eigenvalue weighted by molar-refractivity contribution is 7.46. The fourth-order valence-corrected chi connectivity index (χ4v) is 27.7. The summed E-state index contributed by atoms with van der Waals surface area (Å²) in [5, 5.41) is 0. The van der Waals surface area contributed by atoms with Crippen LogP contribution in [0.4, 0.5) is 0 Å². The van der Waals surface area contributed by atoms with Crippen molar-refractivity contribution < 1.29 is 4.57 Å². The molecule has 26 heavy (non-hydrogen) atoms. The second-order valence-corrected chi connectivity index (χ2v) is 24.0. The molecular weight excluding hydrogens is 371 g/mol. The predicted octanol–water partition coefficient (Wildman–Crippen LogP) is 7.61. The van der Waals surface area contributed by atoms with Gasteiger partial charge in [-0.05, 0) is 37.8 Å². The van der Waals surface area contributed by atoms with Gasteiger partial charge >= 0.3 is 8.10 Å². The fourth-order valence-electron chi connectivity index (χ4n) is 6.96. The van der Waals surface area contributed by atoms with Gasteiger partial charge in [0.2, 0.25) is 0 Å². The van der Waals surface area contributed by atoms with Crippen molar-refractivity contribution in [2.24, 2.45) is 0 Å². The van der Waals surface area contributed by atoms with Gasteiger partial charge in [0, 0.05) is 0 Å². The normalized spacial score (nSPS) is 18.8. The van der Waals surface area contributed by atoms with Gasteiger partial charge in [-0.1, -0.05) is 83.1 Å². The molecule has 0 amide bonds. The maximum Gasteiger partial charge on any atom is 0.522 e. The van der Waals surface area contributed by atoms with Gasteiger partial charge in [0.15, 0.2) is 16.5 Å². The summed E-state index contributed by atoms with van der Waals surface area (Å²) < 4.78 is 19.2. The van der Waals surface area contributed by atoms with Gasteiger partial charge in [-0.25, -0.2) is 0 Å². The van der Waals surface area contributed by atoms with Crippen molar-refractivity contribution in [1.29, 1.82) is 0 Å². The summed E-state index contributed by atoms with van der Waals surface area (Å²) in [7, 11) is -5.13. The Labute approximate surface area is 167 Å². The number of rotatable bonds is 8. The minimum atomic E-state index is -1.85. The van der Waals surface area contributed by atoms with Crippen molar-refractivity contribution in [3.8, 4) is 0 Å². The van der Waals surface area contributed by atoms with Crippen LogP contribution in [0.3, 0.4) is 0 Å². The SMILES string of the molecule is CC(C)[Si](C(C)C)(C(C)C)N1CCN([Si](C(C)C)(C(C)C)C(C)C)[P+]1=O. The Morgan fingerprint density at radius 3 is 0.885 bits per heavy atom. The monoisotopic (exact) mass is 417 g/mol. The molecule has 0 bridgehead atoms. The van der Waals surface area contributed by atoms with E-state index < -0.39 is 24.6 Å². The fraction of sp³-hybridized carbons (Fsp3) is 1.00. The van der Waals surface area contributed by atoms with Crippen LogP contribution in [0.5, 0.6) is 0 Å². The standard InChI is InChI=1S/C20H46N2OPSi2/c1-15(2)25(16(3)4,17(5)6)21-13-14-22(24(21)23)26(18(7)8,19(9)10)20(11)12/h15-20H,13-14H2,1-12H3/q+1. The zero-order valence-electron chi connectivity index (χ0n) is 19.6. The van der Waals surface area contributed by atoms with Gasteiger partial charge in [-0.2, -0.15) is 0 Å². The summed E-state index contributed by atoms with van der Waals surface area (Å²) in [6.45, 7) is 30.6. The molecule has 0 spiro atoms. The molecule has 0 aromatic rings. The molecule has 1 aliphatic rings. The zero-order valence-corrected chi connectivity index (χ0v) is 22.5. The second kappa shape index (κ2) is 8.86. The molecule has 0 atom stereocenters. The largest absolute Gasteiger partial charge is 0.522 e.